The van der Waals surface area contributed by atoms with Gasteiger partial charge in [0.2, 0.25) is 0 Å². The molecule has 1 N–H and O–H groups in total. The minimum atomic E-state index is -0.801. The van der Waals surface area contributed by atoms with Gasteiger partial charge in [-0.05, 0) is 49.8 Å². The summed E-state index contributed by atoms with van der Waals surface area (Å²) in [5.74, 6) is 0.375. The summed E-state index contributed by atoms with van der Waals surface area (Å²) in [4.78, 5) is 11.4. The Morgan fingerprint density at radius 1 is 1.37 bits per heavy atom. The first-order valence-corrected chi connectivity index (χ1v) is 6.60. The van der Waals surface area contributed by atoms with Crippen LogP contribution in [0.1, 0.15) is 50.3 Å². The molecule has 0 radical (unpaired) electrons. The van der Waals surface area contributed by atoms with Gasteiger partial charge in [-0.2, -0.15) is 0 Å². The molecule has 1 rings (SSSR count). The number of ether oxygens (including phenoxy) is 1. The topological polar surface area (TPSA) is 46.5 Å². The molecule has 0 amide bonds. The highest BCUT2D eigenvalue weighted by Gasteiger charge is 2.30. The summed E-state index contributed by atoms with van der Waals surface area (Å²) in [6, 6.07) is 4.11. The predicted octanol–water partition coefficient (Wildman–Crippen LogP) is 3.78. The van der Waals surface area contributed by atoms with Crippen LogP contribution in [0, 0.1) is 12.3 Å². The Kier molecular flexibility index (Phi) is 4.61. The van der Waals surface area contributed by atoms with Gasteiger partial charge in [0.05, 0.1) is 12.5 Å². The smallest absolute Gasteiger partial charge is 0.309 e. The van der Waals surface area contributed by atoms with Crippen molar-refractivity contribution < 1.29 is 14.6 Å². The molecule has 0 heterocycles. The number of aryl methyl sites for hydroxylation is 1. The van der Waals surface area contributed by atoms with Gasteiger partial charge in [-0.25, -0.2) is 0 Å². The molecule has 0 aliphatic carbocycles. The molecule has 0 bridgehead atoms. The highest BCUT2D eigenvalue weighted by molar-refractivity contribution is 5.74. The van der Waals surface area contributed by atoms with Gasteiger partial charge in [0.25, 0.3) is 0 Å². The molecule has 3 nitrogen and oxygen atoms in total. The third kappa shape index (κ3) is 3.28. The van der Waals surface area contributed by atoms with Gasteiger partial charge in [0, 0.05) is 0 Å². The largest absolute Gasteiger partial charge is 0.496 e. The Labute approximate surface area is 115 Å². The van der Waals surface area contributed by atoms with Crippen molar-refractivity contribution in [3.05, 3.63) is 28.8 Å². The van der Waals surface area contributed by atoms with Crippen LogP contribution in [0.4, 0.5) is 0 Å². The molecule has 106 valence electrons. The van der Waals surface area contributed by atoms with Crippen LogP contribution in [-0.2, 0) is 11.2 Å². The Morgan fingerprint density at radius 2 is 1.95 bits per heavy atom. The SMILES string of the molecule is COc1c(C)ccc(C(C)C)c1CC(C)(C)C(=O)O. The zero-order valence-electron chi connectivity index (χ0n) is 12.7. The number of benzene rings is 1. The summed E-state index contributed by atoms with van der Waals surface area (Å²) in [6.07, 6.45) is 0.473. The highest BCUT2D eigenvalue weighted by Crippen LogP contribution is 2.36. The van der Waals surface area contributed by atoms with Gasteiger partial charge in [-0.1, -0.05) is 26.0 Å². The molecule has 0 unspecified atom stereocenters. The van der Waals surface area contributed by atoms with Crippen LogP contribution in [0.5, 0.6) is 5.75 Å². The number of hydrogen-bond acceptors (Lipinski definition) is 2. The van der Waals surface area contributed by atoms with Gasteiger partial charge in [0.1, 0.15) is 5.75 Å². The Hall–Kier alpha value is -1.51. The summed E-state index contributed by atoms with van der Waals surface area (Å²) in [5.41, 5.74) is 2.43. The molecule has 0 atom stereocenters. The van der Waals surface area contributed by atoms with E-state index in [1.807, 2.05) is 13.0 Å². The van der Waals surface area contributed by atoms with E-state index in [4.69, 9.17) is 4.74 Å². The van der Waals surface area contributed by atoms with Crippen LogP contribution in [0.3, 0.4) is 0 Å². The number of methoxy groups -OCH3 is 1. The second-order valence-corrected chi connectivity index (χ2v) is 6.00. The molecule has 1 aromatic rings. The van der Waals surface area contributed by atoms with Crippen LogP contribution in [0.2, 0.25) is 0 Å². The van der Waals surface area contributed by atoms with Crippen molar-refractivity contribution in [2.45, 2.75) is 47.0 Å². The molecule has 19 heavy (non-hydrogen) atoms. The van der Waals surface area contributed by atoms with Crippen LogP contribution >= 0.6 is 0 Å². The van der Waals surface area contributed by atoms with Gasteiger partial charge in [0.15, 0.2) is 0 Å². The van der Waals surface area contributed by atoms with E-state index >= 15 is 0 Å². The van der Waals surface area contributed by atoms with Gasteiger partial charge in [-0.3, -0.25) is 4.79 Å². The van der Waals surface area contributed by atoms with Crippen molar-refractivity contribution in [3.8, 4) is 5.75 Å². The summed E-state index contributed by atoms with van der Waals surface area (Å²) >= 11 is 0. The predicted molar refractivity (Wildman–Crippen MR) is 76.9 cm³/mol. The molecule has 0 aliphatic heterocycles. The van der Waals surface area contributed by atoms with E-state index in [0.717, 1.165) is 22.4 Å². The second kappa shape index (κ2) is 5.64. The monoisotopic (exact) mass is 264 g/mol. The number of hydrogen-bond donors (Lipinski definition) is 1. The summed E-state index contributed by atoms with van der Waals surface area (Å²) in [7, 11) is 1.64. The fourth-order valence-corrected chi connectivity index (χ4v) is 2.29. The zero-order chi connectivity index (χ0) is 14.8. The number of carboxylic acids is 1. The van der Waals surface area contributed by atoms with E-state index < -0.39 is 11.4 Å². The lowest BCUT2D eigenvalue weighted by molar-refractivity contribution is -0.146. The van der Waals surface area contributed by atoms with Crippen molar-refractivity contribution in [3.63, 3.8) is 0 Å². The number of rotatable bonds is 5. The molecule has 3 heteroatoms. The highest BCUT2D eigenvalue weighted by atomic mass is 16.5. The first kappa shape index (κ1) is 15.5. The quantitative estimate of drug-likeness (QED) is 0.880. The fourth-order valence-electron chi connectivity index (χ4n) is 2.29. The molecule has 0 aromatic heterocycles. The van der Waals surface area contributed by atoms with Crippen LogP contribution in [0.15, 0.2) is 12.1 Å². The molecule has 1 aromatic carbocycles. The molecule has 0 saturated carbocycles. The average Bonchev–Trinajstić information content (AvgIpc) is 2.28. The van der Waals surface area contributed by atoms with Gasteiger partial charge >= 0.3 is 5.97 Å². The summed E-state index contributed by atoms with van der Waals surface area (Å²) in [6.45, 7) is 9.71. The standard InChI is InChI=1S/C16H24O3/c1-10(2)12-8-7-11(3)14(19-6)13(12)9-16(4,5)15(17)18/h7-8,10H,9H2,1-6H3,(H,17,18). The first-order chi connectivity index (χ1) is 8.70. The Morgan fingerprint density at radius 3 is 2.37 bits per heavy atom. The maximum atomic E-state index is 11.4. The van der Waals surface area contributed by atoms with E-state index in [9.17, 15) is 9.90 Å². The third-order valence-electron chi connectivity index (χ3n) is 3.52. The maximum absolute atomic E-state index is 11.4. The van der Waals surface area contributed by atoms with Crippen LogP contribution in [-0.4, -0.2) is 18.2 Å². The van der Waals surface area contributed by atoms with Crippen molar-refractivity contribution in [1.82, 2.24) is 0 Å². The lowest BCUT2D eigenvalue weighted by Crippen LogP contribution is -2.27. The minimum absolute atomic E-state index is 0.342. The van der Waals surface area contributed by atoms with Crippen LogP contribution in [0.25, 0.3) is 0 Å². The Balaban J connectivity index is 3.38. The van der Waals surface area contributed by atoms with E-state index in [-0.39, 0.29) is 0 Å². The molecular weight excluding hydrogens is 240 g/mol. The van der Waals surface area contributed by atoms with E-state index in [0.29, 0.717) is 12.3 Å². The van der Waals surface area contributed by atoms with Crippen molar-refractivity contribution >= 4 is 5.97 Å². The van der Waals surface area contributed by atoms with Crippen molar-refractivity contribution in [2.24, 2.45) is 5.41 Å². The van der Waals surface area contributed by atoms with Gasteiger partial charge in [-0.15, -0.1) is 0 Å². The van der Waals surface area contributed by atoms with E-state index in [1.165, 1.54) is 0 Å². The molecule has 0 spiro atoms. The van der Waals surface area contributed by atoms with Crippen molar-refractivity contribution in [1.29, 1.82) is 0 Å². The molecule has 0 fully saturated rings. The summed E-state index contributed by atoms with van der Waals surface area (Å²) < 4.78 is 5.50. The van der Waals surface area contributed by atoms with Gasteiger partial charge < -0.3 is 9.84 Å². The minimum Gasteiger partial charge on any atom is -0.496 e. The zero-order valence-corrected chi connectivity index (χ0v) is 12.7. The first-order valence-electron chi connectivity index (χ1n) is 6.60. The maximum Gasteiger partial charge on any atom is 0.309 e. The van der Waals surface area contributed by atoms with Crippen molar-refractivity contribution in [2.75, 3.05) is 7.11 Å². The third-order valence-corrected chi connectivity index (χ3v) is 3.52. The fraction of sp³-hybridized carbons (Fsp3) is 0.562. The number of carboxylic acid groups (broad SMARTS) is 1. The molecular formula is C16H24O3. The van der Waals surface area contributed by atoms with E-state index in [1.54, 1.807) is 21.0 Å². The molecule has 0 saturated heterocycles. The van der Waals surface area contributed by atoms with Crippen LogP contribution < -0.4 is 4.74 Å². The average molecular weight is 264 g/mol. The Bertz CT molecular complexity index is 473. The second-order valence-electron chi connectivity index (χ2n) is 6.00. The van der Waals surface area contributed by atoms with E-state index in [2.05, 4.69) is 19.9 Å². The summed E-state index contributed by atoms with van der Waals surface area (Å²) in [5, 5.41) is 9.32. The lowest BCUT2D eigenvalue weighted by Gasteiger charge is -2.25. The molecule has 0 aliphatic rings. The lowest BCUT2D eigenvalue weighted by atomic mass is 9.81. The normalized spacial score (nSPS) is 11.7. The number of carbonyl (C=O) groups is 1. The number of aliphatic carboxylic acids is 1.